The summed E-state index contributed by atoms with van der Waals surface area (Å²) in [4.78, 5) is 3.74. The lowest BCUT2D eigenvalue weighted by Crippen LogP contribution is -2.11. The number of fused-ring (bicyclic) bond motifs is 3. The highest BCUT2D eigenvalue weighted by atomic mass is 14.7. The van der Waals surface area contributed by atoms with Gasteiger partial charge < -0.3 is 4.98 Å². The van der Waals surface area contributed by atoms with Crippen LogP contribution in [0.1, 0.15) is 52.3 Å². The molecule has 1 nitrogen and oxygen atoms in total. The van der Waals surface area contributed by atoms with E-state index >= 15 is 0 Å². The van der Waals surface area contributed by atoms with E-state index in [1.54, 1.807) is 5.56 Å². The van der Waals surface area contributed by atoms with Crippen molar-refractivity contribution in [1.82, 2.24) is 4.98 Å². The van der Waals surface area contributed by atoms with Crippen molar-refractivity contribution in [3.63, 3.8) is 0 Å². The fourth-order valence-corrected chi connectivity index (χ4v) is 4.09. The number of nitrogens with one attached hydrogen (secondary N) is 1. The third kappa shape index (κ3) is 2.59. The number of aryl methyl sites for hydroxylation is 4. The summed E-state index contributed by atoms with van der Waals surface area (Å²) in [6.45, 7) is 6.60. The fourth-order valence-electron chi connectivity index (χ4n) is 4.09. The Hall–Kier alpha value is -2.02. The van der Waals surface area contributed by atoms with Gasteiger partial charge in [-0.3, -0.25) is 0 Å². The normalized spacial score (nSPS) is 17.4. The Morgan fingerprint density at radius 2 is 1.87 bits per heavy atom. The van der Waals surface area contributed by atoms with Crippen LogP contribution in [0.15, 0.2) is 36.4 Å². The minimum Gasteiger partial charge on any atom is -0.358 e. The van der Waals surface area contributed by atoms with Gasteiger partial charge in [0.15, 0.2) is 0 Å². The van der Waals surface area contributed by atoms with E-state index < -0.39 is 0 Å². The zero-order valence-corrected chi connectivity index (χ0v) is 14.4. The van der Waals surface area contributed by atoms with Crippen LogP contribution in [0.2, 0.25) is 0 Å². The molecule has 0 spiro atoms. The molecule has 4 rings (SSSR count). The van der Waals surface area contributed by atoms with Crippen molar-refractivity contribution in [3.8, 4) is 0 Å². The molecule has 1 unspecified atom stereocenters. The summed E-state index contributed by atoms with van der Waals surface area (Å²) in [6.07, 6.45) is 4.98. The topological polar surface area (TPSA) is 15.8 Å². The van der Waals surface area contributed by atoms with E-state index in [-0.39, 0.29) is 0 Å². The average Bonchev–Trinajstić information content (AvgIpc) is 2.90. The van der Waals surface area contributed by atoms with Crippen molar-refractivity contribution in [2.24, 2.45) is 0 Å². The van der Waals surface area contributed by atoms with Gasteiger partial charge >= 0.3 is 0 Å². The van der Waals surface area contributed by atoms with Crippen LogP contribution in [0.4, 0.5) is 0 Å². The van der Waals surface area contributed by atoms with Crippen LogP contribution in [0.25, 0.3) is 10.9 Å². The highest BCUT2D eigenvalue weighted by molar-refractivity contribution is 5.85. The molecule has 118 valence electrons. The quantitative estimate of drug-likeness (QED) is 0.620. The van der Waals surface area contributed by atoms with Crippen LogP contribution in [0, 0.1) is 20.8 Å². The lowest BCUT2D eigenvalue weighted by atomic mass is 9.82. The van der Waals surface area contributed by atoms with Crippen molar-refractivity contribution < 1.29 is 0 Å². The summed E-state index contributed by atoms with van der Waals surface area (Å²) in [5.41, 5.74) is 10.0. The van der Waals surface area contributed by atoms with Crippen molar-refractivity contribution in [2.75, 3.05) is 0 Å². The monoisotopic (exact) mass is 303 g/mol. The van der Waals surface area contributed by atoms with E-state index in [0.717, 1.165) is 6.42 Å². The molecular weight excluding hydrogens is 278 g/mol. The van der Waals surface area contributed by atoms with Gasteiger partial charge in [-0.15, -0.1) is 0 Å². The maximum absolute atomic E-state index is 3.74. The van der Waals surface area contributed by atoms with Crippen LogP contribution >= 0.6 is 0 Å². The number of rotatable bonds is 2. The van der Waals surface area contributed by atoms with Gasteiger partial charge in [-0.1, -0.05) is 29.8 Å². The molecular formula is C22H25N. The van der Waals surface area contributed by atoms with E-state index in [9.17, 15) is 0 Å². The number of H-pyrrole nitrogens is 1. The second kappa shape index (κ2) is 5.56. The van der Waals surface area contributed by atoms with Crippen molar-refractivity contribution in [3.05, 3.63) is 69.9 Å². The van der Waals surface area contributed by atoms with Gasteiger partial charge in [0.1, 0.15) is 0 Å². The van der Waals surface area contributed by atoms with Gasteiger partial charge in [0.05, 0.1) is 0 Å². The van der Waals surface area contributed by atoms with E-state index in [2.05, 4.69) is 62.2 Å². The Balaban J connectivity index is 1.72. The zero-order valence-electron chi connectivity index (χ0n) is 14.4. The number of aromatic nitrogens is 1. The van der Waals surface area contributed by atoms with Crippen molar-refractivity contribution >= 4 is 10.9 Å². The van der Waals surface area contributed by atoms with Crippen molar-refractivity contribution in [1.29, 1.82) is 0 Å². The molecule has 1 aliphatic carbocycles. The Labute approximate surface area is 138 Å². The molecule has 0 saturated heterocycles. The molecule has 1 N–H and O–H groups in total. The smallest absolute Gasteiger partial charge is 0.0459 e. The zero-order chi connectivity index (χ0) is 16.0. The van der Waals surface area contributed by atoms with Crippen LogP contribution in [0.5, 0.6) is 0 Å². The first-order chi connectivity index (χ1) is 11.1. The number of hydrogen-bond donors (Lipinski definition) is 1. The number of benzene rings is 2. The summed E-state index contributed by atoms with van der Waals surface area (Å²) in [5.74, 6) is 0.633. The third-order valence-corrected chi connectivity index (χ3v) is 5.54. The second-order valence-electron chi connectivity index (χ2n) is 7.28. The molecule has 1 heteroatoms. The first kappa shape index (κ1) is 14.6. The maximum atomic E-state index is 3.74. The van der Waals surface area contributed by atoms with Crippen LogP contribution in [-0.2, 0) is 12.8 Å². The molecule has 0 saturated carbocycles. The predicted molar refractivity (Wildman–Crippen MR) is 98.3 cm³/mol. The number of hydrogen-bond acceptors (Lipinski definition) is 0. The highest BCUT2D eigenvalue weighted by Gasteiger charge is 2.24. The lowest BCUT2D eigenvalue weighted by Gasteiger charge is -2.23. The molecule has 0 amide bonds. The lowest BCUT2D eigenvalue weighted by molar-refractivity contribution is 0.542. The molecule has 1 heterocycles. The molecule has 2 aromatic carbocycles. The van der Waals surface area contributed by atoms with Gasteiger partial charge in [-0.2, -0.15) is 0 Å². The molecule has 0 radical (unpaired) electrons. The van der Waals surface area contributed by atoms with Crippen molar-refractivity contribution in [2.45, 2.75) is 52.4 Å². The molecule has 3 aromatic rings. The van der Waals surface area contributed by atoms with Crippen LogP contribution in [-0.4, -0.2) is 4.98 Å². The molecule has 0 fully saturated rings. The summed E-state index contributed by atoms with van der Waals surface area (Å²) in [6, 6.07) is 13.8. The maximum Gasteiger partial charge on any atom is 0.0459 e. The minimum atomic E-state index is 0.633. The minimum absolute atomic E-state index is 0.633. The fraction of sp³-hybridized carbons (Fsp3) is 0.364. The summed E-state index contributed by atoms with van der Waals surface area (Å²) in [7, 11) is 0. The van der Waals surface area contributed by atoms with E-state index in [0.29, 0.717) is 5.92 Å². The average molecular weight is 303 g/mol. The summed E-state index contributed by atoms with van der Waals surface area (Å²) in [5, 5.41) is 1.45. The number of aromatic amines is 1. The third-order valence-electron chi connectivity index (χ3n) is 5.54. The Morgan fingerprint density at radius 3 is 2.70 bits per heavy atom. The van der Waals surface area contributed by atoms with Gasteiger partial charge in [0, 0.05) is 22.5 Å². The molecule has 1 aromatic heterocycles. The molecule has 1 atom stereocenters. The van der Waals surface area contributed by atoms with Gasteiger partial charge in [0.2, 0.25) is 0 Å². The summed E-state index contributed by atoms with van der Waals surface area (Å²) >= 11 is 0. The second-order valence-corrected chi connectivity index (χ2v) is 7.28. The Morgan fingerprint density at radius 1 is 1.00 bits per heavy atom. The molecule has 23 heavy (non-hydrogen) atoms. The standard InChI is InChI=1S/C22H25N/c1-14-7-10-21-20(11-14)19-6-4-5-18(22(19)23-21)13-17-9-8-15(2)16(3)12-17/h7-12,18,23H,4-6,13H2,1-3H3. The van der Waals surface area contributed by atoms with Gasteiger partial charge in [-0.05, 0) is 80.8 Å². The molecule has 1 aliphatic rings. The largest absolute Gasteiger partial charge is 0.358 e. The highest BCUT2D eigenvalue weighted by Crippen LogP contribution is 2.38. The predicted octanol–water partition coefficient (Wildman–Crippen LogP) is 5.76. The Kier molecular flexibility index (Phi) is 3.52. The first-order valence-electron chi connectivity index (χ1n) is 8.79. The SMILES string of the molecule is Cc1ccc2[nH]c3c(c2c1)CCCC3Cc1ccc(C)c(C)c1. The van der Waals surface area contributed by atoms with Crippen LogP contribution in [0.3, 0.4) is 0 Å². The van der Waals surface area contributed by atoms with E-state index in [4.69, 9.17) is 0 Å². The van der Waals surface area contributed by atoms with E-state index in [1.165, 1.54) is 58.1 Å². The summed E-state index contributed by atoms with van der Waals surface area (Å²) < 4.78 is 0. The van der Waals surface area contributed by atoms with Gasteiger partial charge in [-0.25, -0.2) is 0 Å². The molecule has 0 aliphatic heterocycles. The van der Waals surface area contributed by atoms with Crippen LogP contribution < -0.4 is 0 Å². The van der Waals surface area contributed by atoms with Gasteiger partial charge in [0.25, 0.3) is 0 Å². The van der Waals surface area contributed by atoms with E-state index in [1.807, 2.05) is 0 Å². The molecule has 0 bridgehead atoms. The Bertz CT molecular complexity index is 869. The first-order valence-corrected chi connectivity index (χ1v) is 8.79.